The van der Waals surface area contributed by atoms with E-state index in [4.69, 9.17) is 9.47 Å². The molecule has 2 aromatic carbocycles. The van der Waals surface area contributed by atoms with Crippen molar-refractivity contribution in [2.24, 2.45) is 0 Å². The minimum absolute atomic E-state index is 0.203. The van der Waals surface area contributed by atoms with Crippen molar-refractivity contribution < 1.29 is 14.3 Å². The number of halogens is 1. The molecule has 4 heteroatoms. The summed E-state index contributed by atoms with van der Waals surface area (Å²) in [5.74, 6) is 0.457. The smallest absolute Gasteiger partial charge is 0.310 e. The highest BCUT2D eigenvalue weighted by Gasteiger charge is 2.08. The molecule has 0 amide bonds. The molecule has 20 heavy (non-hydrogen) atoms. The van der Waals surface area contributed by atoms with Crippen LogP contribution in [0.3, 0.4) is 0 Å². The minimum atomic E-state index is -0.252. The molecular formula is C16H15BrO3. The SMILES string of the molecule is COc1ccc(Br)cc1COC(=O)Cc1ccccc1. The van der Waals surface area contributed by atoms with Gasteiger partial charge in [0.2, 0.25) is 0 Å². The first-order valence-electron chi connectivity index (χ1n) is 6.21. The van der Waals surface area contributed by atoms with E-state index < -0.39 is 0 Å². The van der Waals surface area contributed by atoms with Crippen LogP contribution >= 0.6 is 15.9 Å². The summed E-state index contributed by atoms with van der Waals surface area (Å²) in [5, 5.41) is 0. The molecule has 0 aromatic heterocycles. The van der Waals surface area contributed by atoms with Crippen molar-refractivity contribution in [3.63, 3.8) is 0 Å². The van der Waals surface area contributed by atoms with Gasteiger partial charge >= 0.3 is 5.97 Å². The standard InChI is InChI=1S/C16H15BrO3/c1-19-15-8-7-14(17)10-13(15)11-20-16(18)9-12-5-3-2-4-6-12/h2-8,10H,9,11H2,1H3. The lowest BCUT2D eigenvalue weighted by molar-refractivity contribution is -0.144. The van der Waals surface area contributed by atoms with Gasteiger partial charge in [-0.25, -0.2) is 0 Å². The van der Waals surface area contributed by atoms with Gasteiger partial charge in [0.1, 0.15) is 12.4 Å². The van der Waals surface area contributed by atoms with Crippen LogP contribution in [0.4, 0.5) is 0 Å². The predicted molar refractivity (Wildman–Crippen MR) is 80.6 cm³/mol. The van der Waals surface area contributed by atoms with E-state index in [0.717, 1.165) is 15.6 Å². The highest BCUT2D eigenvalue weighted by Crippen LogP contribution is 2.23. The van der Waals surface area contributed by atoms with Gasteiger partial charge in [-0.3, -0.25) is 4.79 Å². The summed E-state index contributed by atoms with van der Waals surface area (Å²) in [7, 11) is 1.60. The molecule has 0 atom stereocenters. The number of benzene rings is 2. The molecule has 0 aliphatic heterocycles. The topological polar surface area (TPSA) is 35.5 Å². The fourth-order valence-electron chi connectivity index (χ4n) is 1.83. The van der Waals surface area contributed by atoms with E-state index in [2.05, 4.69) is 15.9 Å². The third-order valence-corrected chi connectivity index (χ3v) is 3.32. The second kappa shape index (κ2) is 7.10. The molecule has 0 bridgehead atoms. The fourth-order valence-corrected chi connectivity index (χ4v) is 2.24. The van der Waals surface area contributed by atoms with Crippen LogP contribution in [0.5, 0.6) is 5.75 Å². The van der Waals surface area contributed by atoms with Gasteiger partial charge in [-0.05, 0) is 23.8 Å². The summed E-state index contributed by atoms with van der Waals surface area (Å²) in [4.78, 5) is 11.8. The summed E-state index contributed by atoms with van der Waals surface area (Å²) in [5.41, 5.74) is 1.78. The van der Waals surface area contributed by atoms with Gasteiger partial charge in [-0.2, -0.15) is 0 Å². The fraction of sp³-hybridized carbons (Fsp3) is 0.188. The van der Waals surface area contributed by atoms with E-state index in [1.165, 1.54) is 0 Å². The zero-order valence-electron chi connectivity index (χ0n) is 11.1. The number of hydrogen-bond acceptors (Lipinski definition) is 3. The van der Waals surface area contributed by atoms with E-state index in [0.29, 0.717) is 5.75 Å². The van der Waals surface area contributed by atoms with E-state index in [1.54, 1.807) is 7.11 Å². The van der Waals surface area contributed by atoms with Crippen LogP contribution in [-0.2, 0) is 22.6 Å². The monoisotopic (exact) mass is 334 g/mol. The van der Waals surface area contributed by atoms with E-state index in [9.17, 15) is 4.79 Å². The van der Waals surface area contributed by atoms with Crippen molar-refractivity contribution in [3.8, 4) is 5.75 Å². The molecule has 2 rings (SSSR count). The lowest BCUT2D eigenvalue weighted by Crippen LogP contribution is -2.08. The number of carbonyl (C=O) groups excluding carboxylic acids is 1. The van der Waals surface area contributed by atoms with Crippen LogP contribution in [0.2, 0.25) is 0 Å². The zero-order valence-corrected chi connectivity index (χ0v) is 12.7. The number of rotatable bonds is 5. The molecule has 0 aliphatic carbocycles. The number of methoxy groups -OCH3 is 1. The van der Waals surface area contributed by atoms with Gasteiger partial charge in [-0.1, -0.05) is 46.3 Å². The van der Waals surface area contributed by atoms with Crippen LogP contribution in [0.15, 0.2) is 53.0 Å². The highest BCUT2D eigenvalue weighted by molar-refractivity contribution is 9.10. The molecule has 0 saturated heterocycles. The van der Waals surface area contributed by atoms with E-state index in [1.807, 2.05) is 48.5 Å². The molecule has 0 heterocycles. The van der Waals surface area contributed by atoms with Crippen LogP contribution in [-0.4, -0.2) is 13.1 Å². The van der Waals surface area contributed by atoms with E-state index in [-0.39, 0.29) is 19.0 Å². The summed E-state index contributed by atoms with van der Waals surface area (Å²) >= 11 is 3.39. The maximum Gasteiger partial charge on any atom is 0.310 e. The Morgan fingerprint density at radius 3 is 2.60 bits per heavy atom. The average molecular weight is 335 g/mol. The van der Waals surface area contributed by atoms with Gasteiger partial charge in [0.15, 0.2) is 0 Å². The quantitative estimate of drug-likeness (QED) is 0.781. The van der Waals surface area contributed by atoms with Crippen molar-refractivity contribution in [2.75, 3.05) is 7.11 Å². The Morgan fingerprint density at radius 1 is 1.15 bits per heavy atom. The summed E-state index contributed by atoms with van der Waals surface area (Å²) < 4.78 is 11.5. The summed E-state index contributed by atoms with van der Waals surface area (Å²) in [6, 6.07) is 15.1. The Morgan fingerprint density at radius 2 is 1.90 bits per heavy atom. The molecule has 0 aliphatic rings. The highest BCUT2D eigenvalue weighted by atomic mass is 79.9. The normalized spacial score (nSPS) is 10.1. The largest absolute Gasteiger partial charge is 0.496 e. The molecule has 0 fully saturated rings. The maximum absolute atomic E-state index is 11.8. The van der Waals surface area contributed by atoms with Crippen molar-refractivity contribution >= 4 is 21.9 Å². The predicted octanol–water partition coefficient (Wildman–Crippen LogP) is 3.74. The molecule has 2 aromatic rings. The van der Waals surface area contributed by atoms with Gasteiger partial charge in [0.05, 0.1) is 13.5 Å². The van der Waals surface area contributed by atoms with Crippen molar-refractivity contribution in [3.05, 3.63) is 64.1 Å². The van der Waals surface area contributed by atoms with Gasteiger partial charge in [0.25, 0.3) is 0 Å². The summed E-state index contributed by atoms with van der Waals surface area (Å²) in [6.45, 7) is 0.203. The van der Waals surface area contributed by atoms with Crippen LogP contribution in [0, 0.1) is 0 Å². The number of ether oxygens (including phenoxy) is 2. The van der Waals surface area contributed by atoms with Crippen molar-refractivity contribution in [1.29, 1.82) is 0 Å². The summed E-state index contributed by atoms with van der Waals surface area (Å²) in [6.07, 6.45) is 0.275. The molecule has 3 nitrogen and oxygen atoms in total. The molecule has 104 valence electrons. The first kappa shape index (κ1) is 14.6. The zero-order chi connectivity index (χ0) is 14.4. The third kappa shape index (κ3) is 4.10. The molecule has 0 unspecified atom stereocenters. The Balaban J connectivity index is 1.95. The van der Waals surface area contributed by atoms with Crippen LogP contribution in [0.1, 0.15) is 11.1 Å². The lowest BCUT2D eigenvalue weighted by atomic mass is 10.1. The molecule has 0 saturated carbocycles. The van der Waals surface area contributed by atoms with E-state index >= 15 is 0 Å². The third-order valence-electron chi connectivity index (χ3n) is 2.82. The Hall–Kier alpha value is -1.81. The minimum Gasteiger partial charge on any atom is -0.496 e. The maximum atomic E-state index is 11.8. The molecule has 0 N–H and O–H groups in total. The molecular weight excluding hydrogens is 320 g/mol. The Bertz CT molecular complexity index is 582. The molecule has 0 spiro atoms. The Labute approximate surface area is 126 Å². The number of esters is 1. The van der Waals surface area contributed by atoms with Crippen LogP contribution < -0.4 is 4.74 Å². The lowest BCUT2D eigenvalue weighted by Gasteiger charge is -2.10. The second-order valence-electron chi connectivity index (χ2n) is 4.28. The van der Waals surface area contributed by atoms with Crippen LogP contribution in [0.25, 0.3) is 0 Å². The first-order valence-corrected chi connectivity index (χ1v) is 7.00. The van der Waals surface area contributed by atoms with Crippen molar-refractivity contribution in [1.82, 2.24) is 0 Å². The average Bonchev–Trinajstić information content (AvgIpc) is 2.46. The van der Waals surface area contributed by atoms with Gasteiger partial charge in [-0.15, -0.1) is 0 Å². The molecule has 0 radical (unpaired) electrons. The number of hydrogen-bond donors (Lipinski definition) is 0. The first-order chi connectivity index (χ1) is 9.69. The van der Waals surface area contributed by atoms with Gasteiger partial charge < -0.3 is 9.47 Å². The second-order valence-corrected chi connectivity index (χ2v) is 5.19. The van der Waals surface area contributed by atoms with Gasteiger partial charge in [0, 0.05) is 10.0 Å². The number of carbonyl (C=O) groups is 1. The van der Waals surface area contributed by atoms with Crippen molar-refractivity contribution in [2.45, 2.75) is 13.0 Å². The Kier molecular flexibility index (Phi) is 5.18.